The van der Waals surface area contributed by atoms with Gasteiger partial charge in [-0.05, 0) is 30.7 Å². The van der Waals surface area contributed by atoms with Crippen molar-refractivity contribution in [1.82, 2.24) is 14.5 Å². The quantitative estimate of drug-likeness (QED) is 0.413. The Morgan fingerprint density at radius 2 is 2.00 bits per heavy atom. The van der Waals surface area contributed by atoms with E-state index in [0.717, 1.165) is 28.5 Å². The largest absolute Gasteiger partial charge is 0.341 e. The first-order chi connectivity index (χ1) is 15.2. The zero-order chi connectivity index (χ0) is 23.0. The molecule has 1 atom stereocenters. The highest BCUT2D eigenvalue weighted by molar-refractivity contribution is 7.99. The number of hydrogen-bond acceptors (Lipinski definition) is 6. The van der Waals surface area contributed by atoms with E-state index in [0.29, 0.717) is 18.0 Å². The molecule has 2 heterocycles. The molecule has 0 N–H and O–H groups in total. The number of amides is 1. The van der Waals surface area contributed by atoms with Crippen molar-refractivity contribution in [3.8, 4) is 5.69 Å². The van der Waals surface area contributed by atoms with Gasteiger partial charge in [0, 0.05) is 19.2 Å². The van der Waals surface area contributed by atoms with Crippen LogP contribution in [0.3, 0.4) is 0 Å². The summed E-state index contributed by atoms with van der Waals surface area (Å²) in [5.41, 5.74) is -0.354. The normalized spacial score (nSPS) is 17.5. The van der Waals surface area contributed by atoms with Crippen LogP contribution >= 0.6 is 11.8 Å². The Bertz CT molecular complexity index is 1380. The van der Waals surface area contributed by atoms with Crippen LogP contribution in [0.25, 0.3) is 16.6 Å². The van der Waals surface area contributed by atoms with E-state index in [1.54, 1.807) is 24.3 Å². The van der Waals surface area contributed by atoms with E-state index in [9.17, 15) is 26.8 Å². The first-order valence-electron chi connectivity index (χ1n) is 9.72. The Hall–Kier alpha value is -2.79. The van der Waals surface area contributed by atoms with Crippen molar-refractivity contribution in [2.75, 3.05) is 24.3 Å². The number of halogens is 2. The third kappa shape index (κ3) is 4.40. The molecule has 4 rings (SSSR count). The lowest BCUT2D eigenvalue weighted by molar-refractivity contribution is -0.128. The number of thioether (sulfide) groups is 1. The van der Waals surface area contributed by atoms with Crippen LogP contribution in [0.15, 0.2) is 52.4 Å². The number of nitrogens with zero attached hydrogens (tertiary/aromatic N) is 3. The highest BCUT2D eigenvalue weighted by atomic mass is 32.2. The molecule has 3 aromatic rings. The average molecular weight is 480 g/mol. The number of fused-ring (bicyclic) bond motifs is 1. The fourth-order valence-electron chi connectivity index (χ4n) is 3.60. The second kappa shape index (κ2) is 8.62. The lowest BCUT2D eigenvalue weighted by Crippen LogP contribution is -2.39. The number of para-hydroxylation sites is 1. The molecule has 1 aliphatic rings. The summed E-state index contributed by atoms with van der Waals surface area (Å²) >= 11 is 0.930. The predicted octanol–water partition coefficient (Wildman–Crippen LogP) is 2.40. The second-order valence-corrected chi connectivity index (χ2v) is 10.7. The molecular weight excluding hydrogens is 460 g/mol. The minimum absolute atomic E-state index is 0.0397. The van der Waals surface area contributed by atoms with Crippen molar-refractivity contribution in [3.05, 3.63) is 64.5 Å². The average Bonchev–Trinajstić information content (AvgIpc) is 3.12. The van der Waals surface area contributed by atoms with Gasteiger partial charge < -0.3 is 4.90 Å². The summed E-state index contributed by atoms with van der Waals surface area (Å²) in [6.07, 6.45) is 0.370. The molecule has 1 saturated heterocycles. The van der Waals surface area contributed by atoms with Gasteiger partial charge in [-0.3, -0.25) is 14.2 Å². The molecule has 7 nitrogen and oxygen atoms in total. The Morgan fingerprint density at radius 1 is 1.25 bits per heavy atom. The van der Waals surface area contributed by atoms with Crippen molar-refractivity contribution >= 4 is 38.4 Å². The van der Waals surface area contributed by atoms with Gasteiger partial charge in [0.1, 0.15) is 11.6 Å². The highest BCUT2D eigenvalue weighted by Crippen LogP contribution is 2.24. The summed E-state index contributed by atoms with van der Waals surface area (Å²) < 4.78 is 52.4. The van der Waals surface area contributed by atoms with Crippen LogP contribution in [0, 0.1) is 11.6 Å². The van der Waals surface area contributed by atoms with E-state index in [1.165, 1.54) is 11.9 Å². The Balaban J connectivity index is 1.69. The monoisotopic (exact) mass is 479 g/mol. The van der Waals surface area contributed by atoms with E-state index in [4.69, 9.17) is 0 Å². The minimum Gasteiger partial charge on any atom is -0.341 e. The zero-order valence-electron chi connectivity index (χ0n) is 17.0. The lowest BCUT2D eigenvalue weighted by atomic mass is 10.2. The molecule has 1 amide bonds. The van der Waals surface area contributed by atoms with Crippen LogP contribution in [-0.4, -0.2) is 59.1 Å². The van der Waals surface area contributed by atoms with Crippen LogP contribution in [0.5, 0.6) is 0 Å². The maximum Gasteiger partial charge on any atom is 0.266 e. The molecule has 11 heteroatoms. The van der Waals surface area contributed by atoms with Crippen molar-refractivity contribution in [1.29, 1.82) is 0 Å². The van der Waals surface area contributed by atoms with Crippen molar-refractivity contribution in [2.24, 2.45) is 0 Å². The zero-order valence-corrected chi connectivity index (χ0v) is 18.6. The maximum atomic E-state index is 14.5. The third-order valence-electron chi connectivity index (χ3n) is 5.37. The molecular formula is C21H19F2N3O4S2. The summed E-state index contributed by atoms with van der Waals surface area (Å²) in [4.78, 5) is 31.6. The molecule has 0 radical (unpaired) electrons. The molecule has 0 aliphatic carbocycles. The highest BCUT2D eigenvalue weighted by Gasteiger charge is 2.32. The summed E-state index contributed by atoms with van der Waals surface area (Å²) in [6, 6.07) is 8.97. The van der Waals surface area contributed by atoms with Crippen LogP contribution in [-0.2, 0) is 14.6 Å². The number of hydrogen-bond donors (Lipinski definition) is 0. The lowest BCUT2D eigenvalue weighted by Gasteiger charge is -2.23. The molecule has 0 saturated carbocycles. The fourth-order valence-corrected chi connectivity index (χ4v) is 6.30. The smallest absolute Gasteiger partial charge is 0.266 e. The van der Waals surface area contributed by atoms with Crippen LogP contribution in [0.1, 0.15) is 6.42 Å². The Morgan fingerprint density at radius 3 is 2.69 bits per heavy atom. The van der Waals surface area contributed by atoms with Crippen LogP contribution < -0.4 is 5.56 Å². The van der Waals surface area contributed by atoms with Gasteiger partial charge in [0.25, 0.3) is 5.56 Å². The van der Waals surface area contributed by atoms with Crippen molar-refractivity contribution in [3.63, 3.8) is 0 Å². The van der Waals surface area contributed by atoms with Gasteiger partial charge in [-0.2, -0.15) is 0 Å². The standard InChI is InChI=1S/C21H19F2N3O4S2/c1-25(14-8-9-32(29,30)12-14)19(27)11-31-21-24-17-5-3-2-4-15(17)20(28)26(21)18-7-6-13(22)10-16(18)23/h2-7,10,14H,8-9,11-12H2,1H3/t14-/m0/s1. The molecule has 0 spiro atoms. The number of sulfone groups is 1. The van der Waals surface area contributed by atoms with Gasteiger partial charge in [-0.15, -0.1) is 0 Å². The molecule has 2 aromatic carbocycles. The number of benzene rings is 2. The van der Waals surface area contributed by atoms with Crippen molar-refractivity contribution in [2.45, 2.75) is 17.6 Å². The topological polar surface area (TPSA) is 89.3 Å². The molecule has 32 heavy (non-hydrogen) atoms. The van der Waals surface area contributed by atoms with Gasteiger partial charge in [0.15, 0.2) is 15.0 Å². The predicted molar refractivity (Wildman–Crippen MR) is 118 cm³/mol. The number of rotatable bonds is 5. The first-order valence-corrected chi connectivity index (χ1v) is 12.5. The summed E-state index contributed by atoms with van der Waals surface area (Å²) in [7, 11) is -1.62. The molecule has 0 bridgehead atoms. The van der Waals surface area contributed by atoms with E-state index in [1.807, 2.05) is 0 Å². The third-order valence-corrected chi connectivity index (χ3v) is 8.04. The van der Waals surface area contributed by atoms with E-state index in [2.05, 4.69) is 4.98 Å². The summed E-state index contributed by atoms with van der Waals surface area (Å²) in [6.45, 7) is 0. The van der Waals surface area contributed by atoms with Gasteiger partial charge >= 0.3 is 0 Å². The first kappa shape index (κ1) is 22.4. The number of carbonyl (C=O) groups is 1. The summed E-state index contributed by atoms with van der Waals surface area (Å²) in [5.74, 6) is -2.25. The second-order valence-electron chi connectivity index (χ2n) is 7.50. The molecule has 1 fully saturated rings. The molecule has 168 valence electrons. The minimum atomic E-state index is -3.15. The number of aromatic nitrogens is 2. The SMILES string of the molecule is CN(C(=O)CSc1nc2ccccc2c(=O)n1-c1ccc(F)cc1F)[C@H]1CCS(=O)(=O)C1. The van der Waals surface area contributed by atoms with Crippen LogP contribution in [0.2, 0.25) is 0 Å². The maximum absolute atomic E-state index is 14.5. The van der Waals surface area contributed by atoms with Crippen LogP contribution in [0.4, 0.5) is 8.78 Å². The molecule has 0 unspecified atom stereocenters. The van der Waals surface area contributed by atoms with E-state index < -0.39 is 33.1 Å². The van der Waals surface area contributed by atoms with Gasteiger partial charge in [-0.1, -0.05) is 23.9 Å². The Kier molecular flexibility index (Phi) is 6.04. The van der Waals surface area contributed by atoms with E-state index in [-0.39, 0.29) is 39.4 Å². The van der Waals surface area contributed by atoms with Crippen molar-refractivity contribution < 1.29 is 22.0 Å². The fraction of sp³-hybridized carbons (Fsp3) is 0.286. The summed E-state index contributed by atoms with van der Waals surface area (Å²) in [5, 5.41) is 0.320. The number of carbonyl (C=O) groups excluding carboxylic acids is 1. The van der Waals surface area contributed by atoms with E-state index >= 15 is 0 Å². The Labute approximate surface area is 187 Å². The van der Waals surface area contributed by atoms with Gasteiger partial charge in [-0.25, -0.2) is 22.2 Å². The van der Waals surface area contributed by atoms with Gasteiger partial charge in [0.05, 0.1) is 33.8 Å². The molecule has 1 aliphatic heterocycles. The molecule has 1 aromatic heterocycles. The van der Waals surface area contributed by atoms with Gasteiger partial charge in [0.2, 0.25) is 5.91 Å².